The molecule has 1 nitrogen and oxygen atoms in total. The van der Waals surface area contributed by atoms with Gasteiger partial charge in [0, 0.05) is 42.0 Å². The molecule has 216 valence electrons. The van der Waals surface area contributed by atoms with Crippen LogP contribution in [0.5, 0.6) is 0 Å². The van der Waals surface area contributed by atoms with Crippen molar-refractivity contribution in [2.24, 2.45) is 0 Å². The quantitative estimate of drug-likeness (QED) is 0.189. The van der Waals surface area contributed by atoms with Gasteiger partial charge >= 0.3 is 0 Å². The highest BCUT2D eigenvalue weighted by Crippen LogP contribution is 2.48. The summed E-state index contributed by atoms with van der Waals surface area (Å²) in [5.41, 5.74) is 8.40. The molecule has 0 unspecified atom stereocenters. The Morgan fingerprint density at radius 1 is 0.348 bits per heavy atom. The third-order valence-electron chi connectivity index (χ3n) is 9.05. The van der Waals surface area contributed by atoms with Crippen LogP contribution in [0.1, 0.15) is 0 Å². The Morgan fingerprint density at radius 3 is 1.70 bits per heavy atom. The number of hydrogen-bond donors (Lipinski definition) is 0. The number of fused-ring (bicyclic) bond motifs is 6. The lowest BCUT2D eigenvalue weighted by Gasteiger charge is -2.28. The van der Waals surface area contributed by atoms with Crippen molar-refractivity contribution >= 4 is 70.1 Å². The van der Waals surface area contributed by atoms with Crippen molar-refractivity contribution in [2.75, 3.05) is 4.90 Å². The van der Waals surface area contributed by atoms with Gasteiger partial charge in [-0.05, 0) is 58.0 Å². The van der Waals surface area contributed by atoms with Gasteiger partial charge in [-0.2, -0.15) is 0 Å². The van der Waals surface area contributed by atoms with E-state index in [9.17, 15) is 0 Å². The molecule has 0 fully saturated rings. The largest absolute Gasteiger partial charge is 0.309 e. The van der Waals surface area contributed by atoms with Crippen molar-refractivity contribution < 1.29 is 0 Å². The van der Waals surface area contributed by atoms with Crippen LogP contribution in [0.4, 0.5) is 17.1 Å². The predicted octanol–water partition coefficient (Wildman–Crippen LogP) is 13.2. The number of nitrogens with zero attached hydrogens (tertiary/aromatic N) is 1. The van der Waals surface area contributed by atoms with Crippen LogP contribution < -0.4 is 4.90 Å². The summed E-state index contributed by atoms with van der Waals surface area (Å²) < 4.78 is 2.64. The molecule has 1 heterocycles. The number of hydrogen-bond acceptors (Lipinski definition) is 2. The van der Waals surface area contributed by atoms with Crippen molar-refractivity contribution in [3.63, 3.8) is 0 Å². The van der Waals surface area contributed by atoms with Gasteiger partial charge in [-0.3, -0.25) is 0 Å². The maximum Gasteiger partial charge on any atom is 0.0547 e. The predicted molar refractivity (Wildman–Crippen MR) is 200 cm³/mol. The zero-order chi connectivity index (χ0) is 30.5. The minimum atomic E-state index is 1.13. The molecule has 2 heteroatoms. The summed E-state index contributed by atoms with van der Waals surface area (Å²) in [5, 5.41) is 7.56. The maximum atomic E-state index is 2.46. The molecule has 0 atom stereocenters. The maximum absolute atomic E-state index is 2.46. The van der Waals surface area contributed by atoms with E-state index in [2.05, 4.69) is 181 Å². The van der Waals surface area contributed by atoms with Crippen LogP contribution in [0.2, 0.25) is 0 Å². The van der Waals surface area contributed by atoms with E-state index in [4.69, 9.17) is 0 Å². The van der Waals surface area contributed by atoms with Gasteiger partial charge in [0.25, 0.3) is 0 Å². The lowest BCUT2D eigenvalue weighted by molar-refractivity contribution is 1.32. The summed E-state index contributed by atoms with van der Waals surface area (Å²) >= 11 is 1.90. The first-order valence-electron chi connectivity index (χ1n) is 15.7. The average Bonchev–Trinajstić information content (AvgIpc) is 3.51. The van der Waals surface area contributed by atoms with Gasteiger partial charge in [0.15, 0.2) is 0 Å². The van der Waals surface area contributed by atoms with Crippen LogP contribution in [-0.2, 0) is 0 Å². The smallest absolute Gasteiger partial charge is 0.0547 e. The van der Waals surface area contributed by atoms with Gasteiger partial charge in [-0.15, -0.1) is 11.3 Å². The summed E-state index contributed by atoms with van der Waals surface area (Å²) in [4.78, 5) is 2.46. The van der Waals surface area contributed by atoms with Crippen molar-refractivity contribution in [1.82, 2.24) is 0 Å². The van der Waals surface area contributed by atoms with E-state index in [1.165, 1.54) is 75.3 Å². The van der Waals surface area contributed by atoms with Crippen molar-refractivity contribution in [2.45, 2.75) is 0 Å². The van der Waals surface area contributed by atoms with Crippen LogP contribution in [-0.4, -0.2) is 0 Å². The van der Waals surface area contributed by atoms with Crippen molar-refractivity contribution in [3.8, 4) is 22.3 Å². The fourth-order valence-corrected chi connectivity index (χ4v) is 8.08. The number of benzene rings is 8. The highest BCUT2D eigenvalue weighted by atomic mass is 32.1. The van der Waals surface area contributed by atoms with E-state index in [0.717, 1.165) is 5.69 Å². The molecular formula is C44H29NS. The Hall–Kier alpha value is -5.70. The lowest BCUT2D eigenvalue weighted by atomic mass is 9.99. The first kappa shape index (κ1) is 26.7. The van der Waals surface area contributed by atoms with Crippen LogP contribution in [0, 0.1) is 0 Å². The van der Waals surface area contributed by atoms with E-state index in [0.29, 0.717) is 0 Å². The summed E-state index contributed by atoms with van der Waals surface area (Å²) in [5.74, 6) is 0. The highest BCUT2D eigenvalue weighted by Gasteiger charge is 2.21. The molecule has 0 aliphatic carbocycles. The molecule has 9 rings (SSSR count). The summed E-state index contributed by atoms with van der Waals surface area (Å²) in [6.45, 7) is 0. The average molecular weight is 604 g/mol. The van der Waals surface area contributed by atoms with Crippen LogP contribution >= 0.6 is 11.3 Å². The van der Waals surface area contributed by atoms with E-state index in [1.807, 2.05) is 11.3 Å². The summed E-state index contributed by atoms with van der Waals surface area (Å²) in [6, 6.07) is 63.9. The standard InChI is InChI=1S/C44H29NS/c1-3-12-30(13-4-1)32-22-25-35(26-23-32)45(41-21-11-17-33-16-7-8-18-36(33)41)42-29-40-38-27-24-34(31-14-5-2-6-15-31)28-43(38)46-44(40)39-20-10-9-19-37(39)42/h1-29H. The first-order valence-corrected chi connectivity index (χ1v) is 16.5. The van der Waals surface area contributed by atoms with Gasteiger partial charge in [-0.25, -0.2) is 0 Å². The van der Waals surface area contributed by atoms with Crippen molar-refractivity contribution in [3.05, 3.63) is 176 Å². The van der Waals surface area contributed by atoms with E-state index >= 15 is 0 Å². The molecule has 1 aromatic heterocycles. The SMILES string of the molecule is c1ccc(-c2ccc(N(c3cccc4ccccc34)c3cc4c5ccc(-c6ccccc6)cc5sc4c4ccccc34)cc2)cc1. The van der Waals surface area contributed by atoms with E-state index in [-0.39, 0.29) is 0 Å². The van der Waals surface area contributed by atoms with Crippen LogP contribution in [0.15, 0.2) is 176 Å². The van der Waals surface area contributed by atoms with Gasteiger partial charge in [-0.1, -0.05) is 146 Å². The Bertz CT molecular complexity index is 2510. The molecule has 0 saturated carbocycles. The molecule has 8 aromatic carbocycles. The van der Waals surface area contributed by atoms with Crippen LogP contribution in [0.25, 0.3) is 64.0 Å². The Morgan fingerprint density at radius 2 is 0.935 bits per heavy atom. The molecule has 0 saturated heterocycles. The summed E-state index contributed by atoms with van der Waals surface area (Å²) in [7, 11) is 0. The normalized spacial score (nSPS) is 11.5. The Balaban J connectivity index is 1.31. The topological polar surface area (TPSA) is 3.24 Å². The second-order valence-electron chi connectivity index (χ2n) is 11.7. The fourth-order valence-electron chi connectivity index (χ4n) is 6.82. The molecule has 0 N–H and O–H groups in total. The van der Waals surface area contributed by atoms with E-state index < -0.39 is 0 Å². The second-order valence-corrected chi connectivity index (χ2v) is 12.8. The molecular weight excluding hydrogens is 575 g/mol. The number of anilines is 3. The molecule has 0 bridgehead atoms. The van der Waals surface area contributed by atoms with Gasteiger partial charge < -0.3 is 4.90 Å². The summed E-state index contributed by atoms with van der Waals surface area (Å²) in [6.07, 6.45) is 0. The highest BCUT2D eigenvalue weighted by molar-refractivity contribution is 7.26. The molecule has 9 aromatic rings. The Labute approximate surface area is 272 Å². The van der Waals surface area contributed by atoms with Crippen molar-refractivity contribution in [1.29, 1.82) is 0 Å². The molecule has 46 heavy (non-hydrogen) atoms. The number of rotatable bonds is 5. The first-order chi connectivity index (χ1) is 22.8. The minimum Gasteiger partial charge on any atom is -0.309 e. The van der Waals surface area contributed by atoms with Gasteiger partial charge in [0.2, 0.25) is 0 Å². The lowest BCUT2D eigenvalue weighted by Crippen LogP contribution is -2.11. The molecule has 0 aliphatic heterocycles. The second kappa shape index (κ2) is 11.0. The molecule has 0 radical (unpaired) electrons. The fraction of sp³-hybridized carbons (Fsp3) is 0. The Kier molecular flexibility index (Phi) is 6.40. The van der Waals surface area contributed by atoms with Gasteiger partial charge in [0.05, 0.1) is 11.4 Å². The molecule has 0 aliphatic rings. The van der Waals surface area contributed by atoms with E-state index in [1.54, 1.807) is 0 Å². The minimum absolute atomic E-state index is 1.13. The zero-order valence-corrected chi connectivity index (χ0v) is 25.9. The third kappa shape index (κ3) is 4.46. The third-order valence-corrected chi connectivity index (χ3v) is 10.2. The van der Waals surface area contributed by atoms with Gasteiger partial charge in [0.1, 0.15) is 0 Å². The molecule has 0 spiro atoms. The zero-order valence-electron chi connectivity index (χ0n) is 25.1. The molecule has 0 amide bonds. The monoisotopic (exact) mass is 603 g/mol. The van der Waals surface area contributed by atoms with Crippen LogP contribution in [0.3, 0.4) is 0 Å². The number of thiophene rings is 1.